The number of carbonyl (C=O) groups is 1. The van der Waals surface area contributed by atoms with E-state index in [2.05, 4.69) is 17.0 Å². The number of carbonyl (C=O) groups excluding carboxylic acids is 1. The van der Waals surface area contributed by atoms with E-state index >= 15 is 0 Å². The van der Waals surface area contributed by atoms with Crippen LogP contribution < -0.4 is 9.64 Å². The van der Waals surface area contributed by atoms with Gasteiger partial charge in [-0.2, -0.15) is 0 Å². The standard InChI is InChI=1S/C25H31N3O5/c1-19-17-23(11-12-24(19)28(30)31)33-22-9-7-21(8-10-22)32-18-25(29)27-15-13-26(14-16-27)20-5-3-2-4-6-20/h2-6,11-12,17,21-22H,7-10,13-16,18H2,1H3. The van der Waals surface area contributed by atoms with Gasteiger partial charge in [0.2, 0.25) is 5.91 Å². The molecule has 1 aliphatic heterocycles. The van der Waals surface area contributed by atoms with Crippen molar-refractivity contribution in [2.45, 2.75) is 44.8 Å². The van der Waals surface area contributed by atoms with E-state index in [0.29, 0.717) is 24.4 Å². The van der Waals surface area contributed by atoms with E-state index in [4.69, 9.17) is 9.47 Å². The Balaban J connectivity index is 1.16. The van der Waals surface area contributed by atoms with Crippen LogP contribution in [0.1, 0.15) is 31.2 Å². The van der Waals surface area contributed by atoms with Gasteiger partial charge in [0, 0.05) is 43.5 Å². The van der Waals surface area contributed by atoms with Crippen molar-refractivity contribution in [1.82, 2.24) is 4.90 Å². The molecule has 8 heteroatoms. The summed E-state index contributed by atoms with van der Waals surface area (Å²) in [5, 5.41) is 11.0. The minimum atomic E-state index is -0.383. The first-order valence-electron chi connectivity index (χ1n) is 11.6. The summed E-state index contributed by atoms with van der Waals surface area (Å²) < 4.78 is 12.0. The second-order valence-corrected chi connectivity index (χ2v) is 8.74. The summed E-state index contributed by atoms with van der Waals surface area (Å²) in [7, 11) is 0. The second kappa shape index (κ2) is 10.7. The van der Waals surface area contributed by atoms with E-state index < -0.39 is 0 Å². The first kappa shape index (κ1) is 23.0. The van der Waals surface area contributed by atoms with Gasteiger partial charge in [-0.25, -0.2) is 0 Å². The van der Waals surface area contributed by atoms with E-state index in [1.807, 2.05) is 23.1 Å². The van der Waals surface area contributed by atoms with Crippen molar-refractivity contribution >= 4 is 17.3 Å². The monoisotopic (exact) mass is 453 g/mol. The summed E-state index contributed by atoms with van der Waals surface area (Å²) in [5.74, 6) is 0.717. The lowest BCUT2D eigenvalue weighted by molar-refractivity contribution is -0.385. The van der Waals surface area contributed by atoms with Crippen LogP contribution in [-0.4, -0.2) is 60.7 Å². The molecule has 176 valence electrons. The van der Waals surface area contributed by atoms with Crippen LogP contribution in [0.5, 0.6) is 5.75 Å². The third-order valence-electron chi connectivity index (χ3n) is 6.49. The zero-order chi connectivity index (χ0) is 23.2. The molecule has 1 saturated heterocycles. The SMILES string of the molecule is Cc1cc(OC2CCC(OCC(=O)N3CCN(c4ccccc4)CC3)CC2)ccc1[N+](=O)[O-]. The molecule has 0 N–H and O–H groups in total. The molecular weight excluding hydrogens is 422 g/mol. The Morgan fingerprint density at radius 2 is 1.67 bits per heavy atom. The van der Waals surface area contributed by atoms with Gasteiger partial charge in [-0.3, -0.25) is 14.9 Å². The first-order chi connectivity index (χ1) is 16.0. The summed E-state index contributed by atoms with van der Waals surface area (Å²) in [6, 6.07) is 15.1. The van der Waals surface area contributed by atoms with Crippen molar-refractivity contribution in [1.29, 1.82) is 0 Å². The predicted octanol–water partition coefficient (Wildman–Crippen LogP) is 3.96. The molecule has 1 saturated carbocycles. The quantitative estimate of drug-likeness (QED) is 0.466. The molecule has 2 fully saturated rings. The highest BCUT2D eigenvalue weighted by Gasteiger charge is 2.26. The van der Waals surface area contributed by atoms with Gasteiger partial charge in [0.15, 0.2) is 0 Å². The van der Waals surface area contributed by atoms with E-state index in [1.165, 1.54) is 11.8 Å². The number of nitrogens with zero attached hydrogens (tertiary/aromatic N) is 3. The lowest BCUT2D eigenvalue weighted by Gasteiger charge is -2.36. The Bertz CT molecular complexity index is 952. The molecule has 1 amide bonds. The fourth-order valence-corrected chi connectivity index (χ4v) is 4.55. The van der Waals surface area contributed by atoms with Gasteiger partial charge in [0.1, 0.15) is 12.4 Å². The van der Waals surface area contributed by atoms with Crippen LogP contribution in [0, 0.1) is 17.0 Å². The maximum absolute atomic E-state index is 12.6. The highest BCUT2D eigenvalue weighted by molar-refractivity contribution is 5.77. The molecular formula is C25H31N3O5. The van der Waals surface area contributed by atoms with Crippen LogP contribution in [0.15, 0.2) is 48.5 Å². The number of ether oxygens (including phenoxy) is 2. The highest BCUT2D eigenvalue weighted by Crippen LogP contribution is 2.28. The number of anilines is 1. The molecule has 2 aliphatic rings. The molecule has 0 spiro atoms. The van der Waals surface area contributed by atoms with Gasteiger partial charge in [0.05, 0.1) is 17.1 Å². The van der Waals surface area contributed by atoms with Gasteiger partial charge in [0.25, 0.3) is 5.69 Å². The second-order valence-electron chi connectivity index (χ2n) is 8.74. The molecule has 8 nitrogen and oxygen atoms in total. The van der Waals surface area contributed by atoms with Crippen LogP contribution in [0.2, 0.25) is 0 Å². The van der Waals surface area contributed by atoms with Gasteiger partial charge in [-0.1, -0.05) is 18.2 Å². The molecule has 0 radical (unpaired) electrons. The number of benzene rings is 2. The average molecular weight is 454 g/mol. The fraction of sp³-hybridized carbons (Fsp3) is 0.480. The summed E-state index contributed by atoms with van der Waals surface area (Å²) in [4.78, 5) is 27.4. The fourth-order valence-electron chi connectivity index (χ4n) is 4.55. The number of hydrogen-bond donors (Lipinski definition) is 0. The molecule has 1 aliphatic carbocycles. The molecule has 2 aromatic carbocycles. The summed E-state index contributed by atoms with van der Waals surface area (Å²) >= 11 is 0. The molecule has 2 aromatic rings. The van der Waals surface area contributed by atoms with Crippen molar-refractivity contribution in [3.63, 3.8) is 0 Å². The maximum atomic E-state index is 12.6. The molecule has 33 heavy (non-hydrogen) atoms. The topological polar surface area (TPSA) is 85.2 Å². The number of aryl methyl sites for hydroxylation is 1. The minimum absolute atomic E-state index is 0.0578. The smallest absolute Gasteiger partial charge is 0.272 e. The first-order valence-corrected chi connectivity index (χ1v) is 11.6. The minimum Gasteiger partial charge on any atom is -0.490 e. The zero-order valence-electron chi connectivity index (χ0n) is 19.0. The normalized spacial score (nSPS) is 21.0. The van der Waals surface area contributed by atoms with Crippen LogP contribution >= 0.6 is 0 Å². The summed E-state index contributed by atoms with van der Waals surface area (Å²) in [6.07, 6.45) is 3.48. The van der Waals surface area contributed by atoms with Crippen molar-refractivity contribution in [2.75, 3.05) is 37.7 Å². The number of rotatable bonds is 7. The molecule has 0 bridgehead atoms. The number of piperazine rings is 1. The Labute approximate surface area is 194 Å². The third-order valence-corrected chi connectivity index (χ3v) is 6.49. The molecule has 0 aromatic heterocycles. The molecule has 1 heterocycles. The van der Waals surface area contributed by atoms with E-state index in [1.54, 1.807) is 19.1 Å². The van der Waals surface area contributed by atoms with Gasteiger partial charge in [-0.15, -0.1) is 0 Å². The van der Waals surface area contributed by atoms with E-state index in [9.17, 15) is 14.9 Å². The Hall–Kier alpha value is -3.13. The number of hydrogen-bond acceptors (Lipinski definition) is 6. The zero-order valence-corrected chi connectivity index (χ0v) is 19.0. The van der Waals surface area contributed by atoms with Gasteiger partial charge in [-0.05, 0) is 56.9 Å². The Kier molecular flexibility index (Phi) is 7.44. The summed E-state index contributed by atoms with van der Waals surface area (Å²) in [5.41, 5.74) is 1.90. The Morgan fingerprint density at radius 3 is 2.30 bits per heavy atom. The van der Waals surface area contributed by atoms with Crippen molar-refractivity contribution in [3.05, 3.63) is 64.2 Å². The van der Waals surface area contributed by atoms with Gasteiger partial charge >= 0.3 is 0 Å². The van der Waals surface area contributed by atoms with Gasteiger partial charge < -0.3 is 19.3 Å². The predicted molar refractivity (Wildman–Crippen MR) is 126 cm³/mol. The lowest BCUT2D eigenvalue weighted by Crippen LogP contribution is -2.50. The number of amides is 1. The van der Waals surface area contributed by atoms with Crippen LogP contribution in [-0.2, 0) is 9.53 Å². The number of para-hydroxylation sites is 1. The largest absolute Gasteiger partial charge is 0.490 e. The summed E-state index contributed by atoms with van der Waals surface area (Å²) in [6.45, 7) is 4.94. The van der Waals surface area contributed by atoms with Crippen LogP contribution in [0.3, 0.4) is 0 Å². The lowest BCUT2D eigenvalue weighted by atomic mass is 9.95. The third kappa shape index (κ3) is 6.01. The van der Waals surface area contributed by atoms with Crippen LogP contribution in [0.4, 0.5) is 11.4 Å². The molecule has 0 unspecified atom stereocenters. The Morgan fingerprint density at radius 1 is 1.00 bits per heavy atom. The molecule has 4 rings (SSSR count). The van der Waals surface area contributed by atoms with E-state index in [0.717, 1.165) is 38.8 Å². The van der Waals surface area contributed by atoms with Crippen molar-refractivity contribution in [2.24, 2.45) is 0 Å². The maximum Gasteiger partial charge on any atom is 0.272 e. The number of nitro benzene ring substituents is 1. The molecule has 0 atom stereocenters. The van der Waals surface area contributed by atoms with Crippen molar-refractivity contribution < 1.29 is 19.2 Å². The van der Waals surface area contributed by atoms with E-state index in [-0.39, 0.29) is 35.3 Å². The van der Waals surface area contributed by atoms with Crippen LogP contribution in [0.25, 0.3) is 0 Å². The number of nitro groups is 1. The highest BCUT2D eigenvalue weighted by atomic mass is 16.6. The van der Waals surface area contributed by atoms with Crippen molar-refractivity contribution in [3.8, 4) is 5.75 Å². The average Bonchev–Trinajstić information content (AvgIpc) is 2.84.